The van der Waals surface area contributed by atoms with Crippen molar-refractivity contribution in [2.24, 2.45) is 18.9 Å². The van der Waals surface area contributed by atoms with Crippen LogP contribution in [0.3, 0.4) is 0 Å². The van der Waals surface area contributed by atoms with E-state index in [0.29, 0.717) is 17.7 Å². The van der Waals surface area contributed by atoms with Gasteiger partial charge in [-0.05, 0) is 18.3 Å². The molecule has 2 rings (SSSR count). The summed E-state index contributed by atoms with van der Waals surface area (Å²) in [6, 6.07) is 0. The number of aryl methyl sites for hydroxylation is 3. The molecule has 0 amide bonds. The number of hydrogen-bond acceptors (Lipinski definition) is 2. The van der Waals surface area contributed by atoms with E-state index in [9.17, 15) is 0 Å². The molecule has 2 heterocycles. The molecule has 0 saturated heterocycles. The van der Waals surface area contributed by atoms with Crippen molar-refractivity contribution in [2.75, 3.05) is 5.88 Å². The zero-order chi connectivity index (χ0) is 14.9. The van der Waals surface area contributed by atoms with E-state index in [1.54, 1.807) is 0 Å². The van der Waals surface area contributed by atoms with Gasteiger partial charge in [0.15, 0.2) is 5.65 Å². The molecular formula is C15H25ClN4. The molecule has 0 aromatic carbocycles. The van der Waals surface area contributed by atoms with Gasteiger partial charge in [-0.3, -0.25) is 4.68 Å². The summed E-state index contributed by atoms with van der Waals surface area (Å²) in [4.78, 5) is 4.80. The first-order valence-electron chi connectivity index (χ1n) is 7.46. The van der Waals surface area contributed by atoms with Gasteiger partial charge in [0.2, 0.25) is 0 Å². The molecule has 4 nitrogen and oxygen atoms in total. The number of aromatic nitrogens is 4. The topological polar surface area (TPSA) is 35.6 Å². The third-order valence-electron chi connectivity index (χ3n) is 4.13. The Labute approximate surface area is 126 Å². The minimum atomic E-state index is 0.599. The Morgan fingerprint density at radius 3 is 2.50 bits per heavy atom. The van der Waals surface area contributed by atoms with Crippen LogP contribution in [0.5, 0.6) is 0 Å². The second kappa shape index (κ2) is 6.17. The highest BCUT2D eigenvalue weighted by Gasteiger charge is 2.20. The number of fused-ring (bicyclic) bond motifs is 1. The van der Waals surface area contributed by atoms with Gasteiger partial charge < -0.3 is 4.57 Å². The SMILES string of the molecule is CCc1nn(C)c2c1nc(CCCl)n2CC(C)C(C)C. The lowest BCUT2D eigenvalue weighted by Gasteiger charge is -2.18. The molecule has 2 aromatic rings. The molecule has 0 aliphatic rings. The monoisotopic (exact) mass is 296 g/mol. The van der Waals surface area contributed by atoms with Crippen LogP contribution in [0.25, 0.3) is 11.2 Å². The van der Waals surface area contributed by atoms with Crippen molar-refractivity contribution in [1.29, 1.82) is 0 Å². The van der Waals surface area contributed by atoms with Gasteiger partial charge in [0.05, 0.1) is 5.69 Å². The molecule has 2 aromatic heterocycles. The van der Waals surface area contributed by atoms with Crippen LogP contribution in [-0.2, 0) is 26.4 Å². The van der Waals surface area contributed by atoms with Crippen LogP contribution >= 0.6 is 11.6 Å². The fourth-order valence-electron chi connectivity index (χ4n) is 2.49. The average Bonchev–Trinajstić information content (AvgIpc) is 2.89. The van der Waals surface area contributed by atoms with Crippen molar-refractivity contribution in [3.05, 3.63) is 11.5 Å². The second-order valence-electron chi connectivity index (χ2n) is 5.89. The predicted molar refractivity (Wildman–Crippen MR) is 84.3 cm³/mol. The molecule has 112 valence electrons. The lowest BCUT2D eigenvalue weighted by Crippen LogP contribution is -2.17. The molecule has 0 N–H and O–H groups in total. The minimum absolute atomic E-state index is 0.599. The quantitative estimate of drug-likeness (QED) is 0.766. The van der Waals surface area contributed by atoms with Gasteiger partial charge in [-0.1, -0.05) is 27.7 Å². The molecule has 0 bridgehead atoms. The number of imidazole rings is 1. The lowest BCUT2D eigenvalue weighted by atomic mass is 9.98. The number of halogens is 1. The van der Waals surface area contributed by atoms with Gasteiger partial charge >= 0.3 is 0 Å². The smallest absolute Gasteiger partial charge is 0.158 e. The number of hydrogen-bond donors (Lipinski definition) is 0. The Balaban J connectivity index is 2.53. The molecule has 0 radical (unpaired) electrons. The maximum atomic E-state index is 5.94. The Bertz CT molecular complexity index is 582. The van der Waals surface area contributed by atoms with E-state index >= 15 is 0 Å². The lowest BCUT2D eigenvalue weighted by molar-refractivity contribution is 0.362. The fourth-order valence-corrected chi connectivity index (χ4v) is 2.66. The van der Waals surface area contributed by atoms with Crippen molar-refractivity contribution >= 4 is 22.8 Å². The van der Waals surface area contributed by atoms with Gasteiger partial charge in [0.25, 0.3) is 0 Å². The summed E-state index contributed by atoms with van der Waals surface area (Å²) in [7, 11) is 2.00. The summed E-state index contributed by atoms with van der Waals surface area (Å²) in [5.41, 5.74) is 3.26. The van der Waals surface area contributed by atoms with Crippen molar-refractivity contribution in [3.8, 4) is 0 Å². The molecule has 1 atom stereocenters. The molecule has 0 aliphatic carbocycles. The van der Waals surface area contributed by atoms with Crippen molar-refractivity contribution in [3.63, 3.8) is 0 Å². The first kappa shape index (κ1) is 15.4. The van der Waals surface area contributed by atoms with Crippen LogP contribution in [-0.4, -0.2) is 25.2 Å². The highest BCUT2D eigenvalue weighted by molar-refractivity contribution is 6.17. The van der Waals surface area contributed by atoms with Gasteiger partial charge in [0.1, 0.15) is 11.3 Å². The van der Waals surface area contributed by atoms with Gasteiger partial charge in [-0.25, -0.2) is 4.98 Å². The van der Waals surface area contributed by atoms with Crippen LogP contribution in [0.2, 0.25) is 0 Å². The predicted octanol–water partition coefficient (Wildman–Crippen LogP) is 3.41. The van der Waals surface area contributed by atoms with Gasteiger partial charge in [-0.2, -0.15) is 5.10 Å². The van der Waals surface area contributed by atoms with E-state index in [2.05, 4.69) is 37.4 Å². The fraction of sp³-hybridized carbons (Fsp3) is 0.733. The zero-order valence-electron chi connectivity index (χ0n) is 13.1. The van der Waals surface area contributed by atoms with E-state index in [0.717, 1.165) is 42.1 Å². The number of nitrogens with zero attached hydrogens (tertiary/aromatic N) is 4. The highest BCUT2D eigenvalue weighted by Crippen LogP contribution is 2.23. The molecular weight excluding hydrogens is 272 g/mol. The summed E-state index contributed by atoms with van der Waals surface area (Å²) >= 11 is 5.94. The normalized spacial score (nSPS) is 13.6. The van der Waals surface area contributed by atoms with Crippen LogP contribution in [0.1, 0.15) is 39.2 Å². The summed E-state index contributed by atoms with van der Waals surface area (Å²) in [6.45, 7) is 9.92. The third kappa shape index (κ3) is 2.71. The molecule has 0 spiro atoms. The summed E-state index contributed by atoms with van der Waals surface area (Å²) in [6.07, 6.45) is 1.72. The number of rotatable bonds is 6. The Kier molecular flexibility index (Phi) is 4.74. The number of alkyl halides is 1. The van der Waals surface area contributed by atoms with Crippen molar-refractivity contribution < 1.29 is 0 Å². The largest absolute Gasteiger partial charge is 0.313 e. The molecule has 0 fully saturated rings. The molecule has 1 unspecified atom stereocenters. The van der Waals surface area contributed by atoms with Crippen molar-refractivity contribution in [1.82, 2.24) is 19.3 Å². The van der Waals surface area contributed by atoms with E-state index in [-0.39, 0.29) is 0 Å². The highest BCUT2D eigenvalue weighted by atomic mass is 35.5. The molecule has 5 heteroatoms. The van der Waals surface area contributed by atoms with Crippen LogP contribution in [0.4, 0.5) is 0 Å². The van der Waals surface area contributed by atoms with E-state index in [1.165, 1.54) is 0 Å². The second-order valence-corrected chi connectivity index (χ2v) is 6.27. The van der Waals surface area contributed by atoms with Crippen LogP contribution in [0, 0.1) is 11.8 Å². The Morgan fingerprint density at radius 2 is 1.95 bits per heavy atom. The standard InChI is InChI=1S/C15H25ClN4/c1-6-12-14-15(19(5)18-12)20(9-11(4)10(2)3)13(17-14)7-8-16/h10-11H,6-9H2,1-5H3. The van der Waals surface area contributed by atoms with Gasteiger partial charge in [0, 0.05) is 25.9 Å². The van der Waals surface area contributed by atoms with Crippen LogP contribution < -0.4 is 0 Å². The maximum absolute atomic E-state index is 5.94. The summed E-state index contributed by atoms with van der Waals surface area (Å²) in [5.74, 6) is 2.94. The van der Waals surface area contributed by atoms with Crippen molar-refractivity contribution in [2.45, 2.75) is 47.1 Å². The molecule has 0 saturated carbocycles. The average molecular weight is 297 g/mol. The molecule has 20 heavy (non-hydrogen) atoms. The third-order valence-corrected chi connectivity index (χ3v) is 4.32. The van der Waals surface area contributed by atoms with E-state index in [1.807, 2.05) is 11.7 Å². The van der Waals surface area contributed by atoms with E-state index in [4.69, 9.17) is 16.6 Å². The van der Waals surface area contributed by atoms with Gasteiger partial charge in [-0.15, -0.1) is 11.6 Å². The first-order chi connectivity index (χ1) is 9.49. The zero-order valence-corrected chi connectivity index (χ0v) is 13.9. The Morgan fingerprint density at radius 1 is 1.25 bits per heavy atom. The maximum Gasteiger partial charge on any atom is 0.158 e. The summed E-state index contributed by atoms with van der Waals surface area (Å²) in [5, 5.41) is 4.58. The van der Waals surface area contributed by atoms with Crippen LogP contribution in [0.15, 0.2) is 0 Å². The molecule has 0 aliphatic heterocycles. The first-order valence-corrected chi connectivity index (χ1v) is 7.99. The minimum Gasteiger partial charge on any atom is -0.313 e. The van der Waals surface area contributed by atoms with E-state index < -0.39 is 0 Å². The Hall–Kier alpha value is -1.03. The summed E-state index contributed by atoms with van der Waals surface area (Å²) < 4.78 is 4.28.